The molecule has 0 spiro atoms. The Labute approximate surface area is 97.4 Å². The zero-order chi connectivity index (χ0) is 12.3. The monoisotopic (exact) mass is 232 g/mol. The molecule has 0 amide bonds. The van der Waals surface area contributed by atoms with Crippen LogP contribution >= 0.6 is 0 Å². The second-order valence-corrected chi connectivity index (χ2v) is 3.57. The summed E-state index contributed by atoms with van der Waals surface area (Å²) < 4.78 is 4.89. The fourth-order valence-electron chi connectivity index (χ4n) is 1.43. The molecule has 1 heterocycles. The average Bonchev–Trinajstić information content (AvgIpc) is 2.35. The minimum Gasteiger partial charge on any atom is -0.461 e. The molecule has 0 fully saturated rings. The summed E-state index contributed by atoms with van der Waals surface area (Å²) in [4.78, 5) is 29.8. The highest BCUT2D eigenvalue weighted by atomic mass is 16.5. The second kappa shape index (κ2) is 4.78. The van der Waals surface area contributed by atoms with Gasteiger partial charge in [0.05, 0.1) is 17.6 Å². The number of aromatic amines is 1. The minimum absolute atomic E-state index is 0.197. The summed E-state index contributed by atoms with van der Waals surface area (Å²) in [6.07, 6.45) is 0.706. The van der Waals surface area contributed by atoms with E-state index >= 15 is 0 Å². The Kier molecular flexibility index (Phi) is 3.18. The fraction of sp³-hybridized carbons (Fsp3) is 0.250. The molecule has 5 heteroatoms. The van der Waals surface area contributed by atoms with E-state index in [-0.39, 0.29) is 12.3 Å². The van der Waals surface area contributed by atoms with E-state index in [2.05, 4.69) is 9.97 Å². The van der Waals surface area contributed by atoms with E-state index in [9.17, 15) is 9.59 Å². The molecular weight excluding hydrogens is 220 g/mol. The lowest BCUT2D eigenvalue weighted by Gasteiger charge is -2.02. The number of carbonyl (C=O) groups excluding carboxylic acids is 1. The minimum atomic E-state index is -0.682. The number of nitrogens with one attached hydrogen (secondary N) is 1. The number of para-hydroxylation sites is 2. The zero-order valence-corrected chi connectivity index (χ0v) is 9.40. The predicted molar refractivity (Wildman–Crippen MR) is 62.9 cm³/mol. The Hall–Kier alpha value is -2.17. The first kappa shape index (κ1) is 11.3. The maximum atomic E-state index is 11.6. The summed E-state index contributed by atoms with van der Waals surface area (Å²) in [6, 6.07) is 7.02. The number of carbonyl (C=O) groups is 1. The van der Waals surface area contributed by atoms with Crippen LogP contribution in [0.2, 0.25) is 0 Å². The number of hydrogen-bond donors (Lipinski definition) is 1. The van der Waals surface area contributed by atoms with Crippen LogP contribution in [0, 0.1) is 0 Å². The lowest BCUT2D eigenvalue weighted by atomic mass is 10.3. The first-order valence-electron chi connectivity index (χ1n) is 5.38. The lowest BCUT2D eigenvalue weighted by Crippen LogP contribution is -2.22. The smallest absolute Gasteiger partial charge is 0.362 e. The number of rotatable bonds is 3. The molecule has 0 bridgehead atoms. The largest absolute Gasteiger partial charge is 0.461 e. The van der Waals surface area contributed by atoms with Crippen molar-refractivity contribution in [1.82, 2.24) is 9.97 Å². The van der Waals surface area contributed by atoms with Crippen molar-refractivity contribution >= 4 is 17.0 Å². The van der Waals surface area contributed by atoms with Gasteiger partial charge in [-0.25, -0.2) is 9.78 Å². The SMILES string of the molecule is CCCOC(=O)c1nc2ccccc2[nH]c1=O. The number of benzene rings is 1. The standard InChI is InChI=1S/C12H12N2O3/c1-2-7-17-12(16)10-11(15)14-9-6-4-3-5-8(9)13-10/h3-6H,2,7H2,1H3,(H,14,15). The maximum absolute atomic E-state index is 11.6. The van der Waals surface area contributed by atoms with E-state index < -0.39 is 11.5 Å². The molecule has 1 N–H and O–H groups in total. The Morgan fingerprint density at radius 3 is 2.94 bits per heavy atom. The van der Waals surface area contributed by atoms with Gasteiger partial charge in [-0.3, -0.25) is 4.79 Å². The van der Waals surface area contributed by atoms with Crippen molar-refractivity contribution in [3.05, 3.63) is 40.3 Å². The van der Waals surface area contributed by atoms with Gasteiger partial charge in [-0.05, 0) is 18.6 Å². The van der Waals surface area contributed by atoms with Gasteiger partial charge in [-0.15, -0.1) is 0 Å². The highest BCUT2D eigenvalue weighted by molar-refractivity contribution is 5.89. The number of H-pyrrole nitrogens is 1. The molecule has 1 aromatic heterocycles. The van der Waals surface area contributed by atoms with Crippen LogP contribution in [0.15, 0.2) is 29.1 Å². The normalized spacial score (nSPS) is 10.4. The van der Waals surface area contributed by atoms with Gasteiger partial charge in [-0.2, -0.15) is 0 Å². The molecular formula is C12H12N2O3. The van der Waals surface area contributed by atoms with Gasteiger partial charge in [0.25, 0.3) is 5.56 Å². The molecule has 2 rings (SSSR count). The number of nitrogens with zero attached hydrogens (tertiary/aromatic N) is 1. The van der Waals surface area contributed by atoms with Crippen molar-refractivity contribution in [2.75, 3.05) is 6.61 Å². The number of ether oxygens (including phenoxy) is 1. The quantitative estimate of drug-likeness (QED) is 0.814. The Morgan fingerprint density at radius 1 is 1.41 bits per heavy atom. The van der Waals surface area contributed by atoms with Crippen molar-refractivity contribution in [3.63, 3.8) is 0 Å². The Morgan fingerprint density at radius 2 is 2.18 bits per heavy atom. The van der Waals surface area contributed by atoms with E-state index in [0.29, 0.717) is 17.5 Å². The highest BCUT2D eigenvalue weighted by Gasteiger charge is 2.14. The molecule has 0 saturated carbocycles. The van der Waals surface area contributed by atoms with Gasteiger partial charge in [0, 0.05) is 0 Å². The molecule has 0 aliphatic rings. The number of esters is 1. The van der Waals surface area contributed by atoms with Crippen LogP contribution in [-0.2, 0) is 4.74 Å². The Bertz CT molecular complexity index is 604. The van der Waals surface area contributed by atoms with Crippen molar-refractivity contribution < 1.29 is 9.53 Å². The van der Waals surface area contributed by atoms with Gasteiger partial charge < -0.3 is 9.72 Å². The third-order valence-corrected chi connectivity index (χ3v) is 2.23. The second-order valence-electron chi connectivity index (χ2n) is 3.57. The molecule has 17 heavy (non-hydrogen) atoms. The number of hydrogen-bond acceptors (Lipinski definition) is 4. The third kappa shape index (κ3) is 2.33. The van der Waals surface area contributed by atoms with Crippen LogP contribution in [-0.4, -0.2) is 22.5 Å². The molecule has 2 aromatic rings. The van der Waals surface area contributed by atoms with Crippen molar-refractivity contribution in [3.8, 4) is 0 Å². The van der Waals surface area contributed by atoms with E-state index in [1.165, 1.54) is 0 Å². The van der Waals surface area contributed by atoms with E-state index in [1.54, 1.807) is 24.3 Å². The van der Waals surface area contributed by atoms with Gasteiger partial charge in [0.15, 0.2) is 0 Å². The van der Waals surface area contributed by atoms with Gasteiger partial charge in [-0.1, -0.05) is 19.1 Å². The molecule has 0 aliphatic heterocycles. The number of fused-ring (bicyclic) bond motifs is 1. The summed E-state index contributed by atoms with van der Waals surface area (Å²) in [5.41, 5.74) is 0.446. The third-order valence-electron chi connectivity index (χ3n) is 2.23. The molecule has 1 aromatic carbocycles. The molecule has 0 atom stereocenters. The van der Waals surface area contributed by atoms with E-state index in [1.807, 2.05) is 6.92 Å². The Balaban J connectivity index is 2.44. The van der Waals surface area contributed by atoms with Crippen molar-refractivity contribution in [2.24, 2.45) is 0 Å². The summed E-state index contributed by atoms with van der Waals surface area (Å²) in [5.74, 6) is -0.682. The first-order chi connectivity index (χ1) is 8.22. The molecule has 0 radical (unpaired) electrons. The summed E-state index contributed by atoms with van der Waals surface area (Å²) in [7, 11) is 0. The van der Waals surface area contributed by atoms with Crippen LogP contribution in [0.3, 0.4) is 0 Å². The van der Waals surface area contributed by atoms with Crippen LogP contribution in [0.25, 0.3) is 11.0 Å². The topological polar surface area (TPSA) is 72.0 Å². The summed E-state index contributed by atoms with van der Waals surface area (Å²) >= 11 is 0. The fourth-order valence-corrected chi connectivity index (χ4v) is 1.43. The van der Waals surface area contributed by atoms with E-state index in [4.69, 9.17) is 4.74 Å². The van der Waals surface area contributed by atoms with Crippen LogP contribution in [0.5, 0.6) is 0 Å². The average molecular weight is 232 g/mol. The lowest BCUT2D eigenvalue weighted by molar-refractivity contribution is 0.0496. The van der Waals surface area contributed by atoms with Gasteiger partial charge in [0.1, 0.15) is 0 Å². The van der Waals surface area contributed by atoms with Gasteiger partial charge in [0.2, 0.25) is 5.69 Å². The maximum Gasteiger partial charge on any atom is 0.362 e. The molecule has 0 saturated heterocycles. The van der Waals surface area contributed by atoms with Crippen LogP contribution in [0.1, 0.15) is 23.8 Å². The summed E-state index contributed by atoms with van der Waals surface area (Å²) in [5, 5.41) is 0. The molecule has 88 valence electrons. The zero-order valence-electron chi connectivity index (χ0n) is 9.40. The van der Waals surface area contributed by atoms with Crippen molar-refractivity contribution in [1.29, 1.82) is 0 Å². The van der Waals surface area contributed by atoms with E-state index in [0.717, 1.165) is 0 Å². The molecule has 0 unspecified atom stereocenters. The summed E-state index contributed by atoms with van der Waals surface area (Å²) in [6.45, 7) is 2.16. The number of aromatic nitrogens is 2. The predicted octanol–water partition coefficient (Wildman–Crippen LogP) is 1.49. The van der Waals surface area contributed by atoms with Crippen LogP contribution < -0.4 is 5.56 Å². The van der Waals surface area contributed by atoms with Crippen LogP contribution in [0.4, 0.5) is 0 Å². The first-order valence-corrected chi connectivity index (χ1v) is 5.38. The molecule has 5 nitrogen and oxygen atoms in total. The highest BCUT2D eigenvalue weighted by Crippen LogP contribution is 2.06. The molecule has 0 aliphatic carbocycles. The van der Waals surface area contributed by atoms with Crippen molar-refractivity contribution in [2.45, 2.75) is 13.3 Å². The van der Waals surface area contributed by atoms with Gasteiger partial charge >= 0.3 is 5.97 Å².